The molecule has 0 saturated heterocycles. The van der Waals surface area contributed by atoms with Crippen molar-refractivity contribution in [1.82, 2.24) is 5.32 Å². The molecule has 1 N–H and O–H groups in total. The Bertz CT molecular complexity index is 548. The van der Waals surface area contributed by atoms with E-state index in [0.29, 0.717) is 0 Å². The van der Waals surface area contributed by atoms with Gasteiger partial charge in [-0.1, -0.05) is 57.2 Å². The van der Waals surface area contributed by atoms with Crippen LogP contribution in [0.3, 0.4) is 0 Å². The van der Waals surface area contributed by atoms with Crippen LogP contribution < -0.4 is 15.9 Å². The lowest BCUT2D eigenvalue weighted by molar-refractivity contribution is 0.587. The molecule has 0 unspecified atom stereocenters. The number of unbranched alkanes of at least 4 members (excludes halogenated alkanes) is 5. The van der Waals surface area contributed by atoms with Crippen LogP contribution in [0.5, 0.6) is 0 Å². The first-order valence-electron chi connectivity index (χ1n) is 7.70. The summed E-state index contributed by atoms with van der Waals surface area (Å²) in [6, 6.07) is 6.00. The van der Waals surface area contributed by atoms with E-state index in [1.165, 1.54) is 38.5 Å². The molecule has 0 bridgehead atoms. The normalized spacial score (nSPS) is 13.6. The molecule has 0 saturated carbocycles. The molecule has 20 heavy (non-hydrogen) atoms. The molecule has 4 heteroatoms. The van der Waals surface area contributed by atoms with Crippen LogP contribution in [0.1, 0.15) is 45.4 Å². The van der Waals surface area contributed by atoms with Crippen LogP contribution in [0, 0.1) is 0 Å². The Hall–Kier alpha value is -1.55. The summed E-state index contributed by atoms with van der Waals surface area (Å²) in [5.74, 6) is 0. The van der Waals surface area contributed by atoms with E-state index in [-0.39, 0.29) is 0 Å². The highest BCUT2D eigenvalue weighted by atomic mass is 15.4. The molecular formula is C16H24N4. The minimum absolute atomic E-state index is 0.870. The zero-order valence-corrected chi connectivity index (χ0v) is 12.3. The standard InChI is InChI=1S/C16H24N4/c1-2-3-4-5-6-7-12-17-13-11-14-9-8-10-15-16(14)19-20-18-15/h8-11,17H,2-7,12-13H2,1H3. The monoisotopic (exact) mass is 272 g/mol. The third-order valence-electron chi connectivity index (χ3n) is 3.52. The highest BCUT2D eigenvalue weighted by Crippen LogP contribution is 2.06. The minimum atomic E-state index is 0.870. The average Bonchev–Trinajstić information content (AvgIpc) is 2.95. The average molecular weight is 272 g/mol. The number of hydrogen-bond acceptors (Lipinski definition) is 4. The summed E-state index contributed by atoms with van der Waals surface area (Å²) < 4.78 is 0. The van der Waals surface area contributed by atoms with E-state index in [1.807, 2.05) is 12.1 Å². The molecule has 108 valence electrons. The summed E-state index contributed by atoms with van der Waals surface area (Å²) in [4.78, 5) is 0. The SMILES string of the molecule is CCCCCCCCNCC=c1cccc2c1=NN=N2. The molecule has 0 amide bonds. The van der Waals surface area contributed by atoms with Crippen molar-refractivity contribution in [2.45, 2.75) is 45.4 Å². The summed E-state index contributed by atoms with van der Waals surface area (Å²) >= 11 is 0. The van der Waals surface area contributed by atoms with Crippen LogP contribution in [0.2, 0.25) is 0 Å². The Labute approximate surface area is 120 Å². The third-order valence-corrected chi connectivity index (χ3v) is 3.52. The van der Waals surface area contributed by atoms with Gasteiger partial charge in [0.15, 0.2) is 0 Å². The molecule has 1 aliphatic rings. The Morgan fingerprint density at radius 2 is 1.95 bits per heavy atom. The number of nitrogens with zero attached hydrogens (tertiary/aromatic N) is 3. The van der Waals surface area contributed by atoms with Gasteiger partial charge < -0.3 is 5.32 Å². The maximum Gasteiger partial charge on any atom is 0.122 e. The van der Waals surface area contributed by atoms with Gasteiger partial charge in [0.2, 0.25) is 0 Å². The van der Waals surface area contributed by atoms with E-state index in [4.69, 9.17) is 0 Å². The van der Waals surface area contributed by atoms with E-state index in [0.717, 1.165) is 29.4 Å². The van der Waals surface area contributed by atoms with Crippen molar-refractivity contribution in [2.75, 3.05) is 13.1 Å². The second-order valence-corrected chi connectivity index (χ2v) is 5.18. The van der Waals surface area contributed by atoms with Crippen molar-refractivity contribution < 1.29 is 0 Å². The van der Waals surface area contributed by atoms with Crippen molar-refractivity contribution in [3.05, 3.63) is 28.8 Å². The summed E-state index contributed by atoms with van der Waals surface area (Å²) in [5, 5.41) is 17.2. The lowest BCUT2D eigenvalue weighted by Gasteiger charge is -2.01. The van der Waals surface area contributed by atoms with E-state index >= 15 is 0 Å². The number of benzene rings is 1. The van der Waals surface area contributed by atoms with E-state index in [9.17, 15) is 0 Å². The van der Waals surface area contributed by atoms with Gasteiger partial charge in [0.05, 0.1) is 0 Å². The van der Waals surface area contributed by atoms with Crippen molar-refractivity contribution in [1.29, 1.82) is 0 Å². The first kappa shape index (κ1) is 14.9. The van der Waals surface area contributed by atoms with Crippen molar-refractivity contribution >= 4 is 11.8 Å². The van der Waals surface area contributed by atoms with Crippen LogP contribution in [-0.4, -0.2) is 13.1 Å². The Balaban J connectivity index is 1.67. The van der Waals surface area contributed by atoms with E-state index in [2.05, 4.69) is 39.8 Å². The Kier molecular flexibility index (Phi) is 6.38. The second-order valence-electron chi connectivity index (χ2n) is 5.18. The summed E-state index contributed by atoms with van der Waals surface area (Å²) in [6.45, 7) is 4.22. The van der Waals surface area contributed by atoms with Gasteiger partial charge in [0.1, 0.15) is 11.0 Å². The molecule has 1 heterocycles. The summed E-state index contributed by atoms with van der Waals surface area (Å²) in [6.07, 6.45) is 10.2. The third kappa shape index (κ3) is 4.53. The molecule has 0 spiro atoms. The smallest absolute Gasteiger partial charge is 0.122 e. The molecule has 2 rings (SSSR count). The highest BCUT2D eigenvalue weighted by Gasteiger charge is 2.00. The highest BCUT2D eigenvalue weighted by molar-refractivity contribution is 5.40. The molecule has 0 radical (unpaired) electrons. The quantitative estimate of drug-likeness (QED) is 0.690. The maximum atomic E-state index is 4.06. The van der Waals surface area contributed by atoms with Gasteiger partial charge in [-0.05, 0) is 24.3 Å². The number of rotatable bonds is 9. The van der Waals surface area contributed by atoms with Crippen LogP contribution >= 0.6 is 0 Å². The van der Waals surface area contributed by atoms with Crippen molar-refractivity contribution in [2.24, 2.45) is 15.4 Å². The Morgan fingerprint density at radius 1 is 1.10 bits per heavy atom. The number of fused-ring (bicyclic) bond motifs is 1. The van der Waals surface area contributed by atoms with Gasteiger partial charge in [-0.25, -0.2) is 0 Å². The van der Waals surface area contributed by atoms with Gasteiger partial charge in [0, 0.05) is 11.8 Å². The van der Waals surface area contributed by atoms with Gasteiger partial charge in [-0.15, -0.1) is 10.2 Å². The van der Waals surface area contributed by atoms with E-state index < -0.39 is 0 Å². The first-order valence-corrected chi connectivity index (χ1v) is 7.70. The largest absolute Gasteiger partial charge is 0.313 e. The molecule has 1 aromatic carbocycles. The topological polar surface area (TPSA) is 49.1 Å². The van der Waals surface area contributed by atoms with Crippen LogP contribution in [0.25, 0.3) is 6.08 Å². The van der Waals surface area contributed by atoms with Gasteiger partial charge in [0.25, 0.3) is 0 Å². The minimum Gasteiger partial charge on any atom is -0.313 e. The predicted molar refractivity (Wildman–Crippen MR) is 82.4 cm³/mol. The van der Waals surface area contributed by atoms with Crippen molar-refractivity contribution in [3.8, 4) is 0 Å². The van der Waals surface area contributed by atoms with Gasteiger partial charge in [-0.2, -0.15) is 0 Å². The van der Waals surface area contributed by atoms with Crippen LogP contribution in [0.15, 0.2) is 33.6 Å². The number of hydrogen-bond donors (Lipinski definition) is 1. The van der Waals surface area contributed by atoms with Crippen LogP contribution in [-0.2, 0) is 0 Å². The zero-order chi connectivity index (χ0) is 14.0. The zero-order valence-electron chi connectivity index (χ0n) is 12.3. The molecule has 0 aliphatic carbocycles. The molecule has 0 fully saturated rings. The fraction of sp³-hybridized carbons (Fsp3) is 0.562. The second kappa shape index (κ2) is 8.59. The van der Waals surface area contributed by atoms with Gasteiger partial charge >= 0.3 is 0 Å². The molecule has 4 nitrogen and oxygen atoms in total. The fourth-order valence-electron chi connectivity index (χ4n) is 2.33. The molecule has 0 atom stereocenters. The van der Waals surface area contributed by atoms with Crippen molar-refractivity contribution in [3.63, 3.8) is 0 Å². The first-order chi connectivity index (χ1) is 9.92. The lowest BCUT2D eigenvalue weighted by Crippen LogP contribution is -2.26. The van der Waals surface area contributed by atoms with Crippen LogP contribution in [0.4, 0.5) is 5.69 Å². The van der Waals surface area contributed by atoms with Gasteiger partial charge in [-0.3, -0.25) is 0 Å². The molecular weight excluding hydrogens is 248 g/mol. The fourth-order valence-corrected chi connectivity index (χ4v) is 2.33. The summed E-state index contributed by atoms with van der Waals surface area (Å²) in [7, 11) is 0. The maximum absolute atomic E-state index is 4.06. The summed E-state index contributed by atoms with van der Waals surface area (Å²) in [5.41, 5.74) is 0.870. The molecule has 1 aliphatic heterocycles. The number of nitrogens with one attached hydrogen (secondary N) is 1. The Morgan fingerprint density at radius 3 is 2.85 bits per heavy atom. The lowest BCUT2D eigenvalue weighted by atomic mass is 10.1. The molecule has 1 aromatic rings. The molecule has 0 aromatic heterocycles. The predicted octanol–water partition coefficient (Wildman–Crippen LogP) is 3.05. The van der Waals surface area contributed by atoms with E-state index in [1.54, 1.807) is 0 Å².